The van der Waals surface area contributed by atoms with Crippen LogP contribution in [0.15, 0.2) is 24.3 Å². The molecule has 0 spiro atoms. The Labute approximate surface area is 86.8 Å². The molecule has 5 heteroatoms. The first-order valence-electron chi connectivity index (χ1n) is 4.36. The molecule has 4 nitrogen and oxygen atoms in total. The van der Waals surface area contributed by atoms with Gasteiger partial charge in [-0.05, 0) is 12.1 Å². The van der Waals surface area contributed by atoms with Gasteiger partial charge in [0.25, 0.3) is 0 Å². The Kier molecular flexibility index (Phi) is 4.05. The first-order chi connectivity index (χ1) is 7.15. The second-order valence-corrected chi connectivity index (χ2v) is 2.87. The molecule has 0 aromatic heterocycles. The first kappa shape index (κ1) is 11.5. The van der Waals surface area contributed by atoms with Crippen LogP contribution in [0.3, 0.4) is 0 Å². The molecule has 0 saturated carbocycles. The van der Waals surface area contributed by atoms with Gasteiger partial charge in [-0.1, -0.05) is 12.1 Å². The number of hydrogen-bond donors (Lipinski definition) is 1. The maximum Gasteiger partial charge on any atom is 0.326 e. The molecule has 0 radical (unpaired) electrons. The summed E-state index contributed by atoms with van der Waals surface area (Å²) in [4.78, 5) is 10.9. The summed E-state index contributed by atoms with van der Waals surface area (Å²) in [6.45, 7) is -0.117. The maximum absolute atomic E-state index is 13.0. The van der Waals surface area contributed by atoms with Crippen LogP contribution in [0.25, 0.3) is 0 Å². The van der Waals surface area contributed by atoms with Crippen LogP contribution in [0, 0.1) is 5.82 Å². The van der Waals surface area contributed by atoms with E-state index in [-0.39, 0.29) is 12.4 Å². The van der Waals surface area contributed by atoms with Gasteiger partial charge in [-0.3, -0.25) is 4.79 Å². The van der Waals surface area contributed by atoms with Crippen LogP contribution in [0.2, 0.25) is 0 Å². The average Bonchev–Trinajstić information content (AvgIpc) is 2.26. The molecule has 0 aliphatic heterocycles. The van der Waals surface area contributed by atoms with E-state index in [0.717, 1.165) is 0 Å². The minimum Gasteiger partial charge on any atom is -0.488 e. The molecule has 0 saturated heterocycles. The zero-order valence-electron chi connectivity index (χ0n) is 8.27. The SMILES string of the molecule is COC(=O)[C@H](N)COc1ccccc1F. The zero-order chi connectivity index (χ0) is 11.3. The molecule has 1 aromatic rings. The molecule has 0 aliphatic rings. The average molecular weight is 213 g/mol. The van der Waals surface area contributed by atoms with Crippen LogP contribution in [0.5, 0.6) is 5.75 Å². The lowest BCUT2D eigenvalue weighted by atomic mass is 10.3. The summed E-state index contributed by atoms with van der Waals surface area (Å²) in [5.74, 6) is -1.02. The van der Waals surface area contributed by atoms with E-state index in [9.17, 15) is 9.18 Å². The summed E-state index contributed by atoms with van der Waals surface area (Å²) in [6.07, 6.45) is 0. The topological polar surface area (TPSA) is 61.5 Å². The summed E-state index contributed by atoms with van der Waals surface area (Å²) in [6, 6.07) is 4.98. The monoisotopic (exact) mass is 213 g/mol. The van der Waals surface area contributed by atoms with Gasteiger partial charge in [0.1, 0.15) is 12.6 Å². The molecule has 1 aromatic carbocycles. The predicted molar refractivity (Wildman–Crippen MR) is 51.9 cm³/mol. The number of carbonyl (C=O) groups excluding carboxylic acids is 1. The third-order valence-corrected chi connectivity index (χ3v) is 1.76. The minimum atomic E-state index is -0.908. The second-order valence-electron chi connectivity index (χ2n) is 2.87. The van der Waals surface area contributed by atoms with Gasteiger partial charge in [-0.15, -0.1) is 0 Å². The number of hydrogen-bond acceptors (Lipinski definition) is 4. The quantitative estimate of drug-likeness (QED) is 0.748. The summed E-state index contributed by atoms with van der Waals surface area (Å²) in [5, 5.41) is 0. The summed E-state index contributed by atoms with van der Waals surface area (Å²) in [5.41, 5.74) is 5.40. The summed E-state index contributed by atoms with van der Waals surface area (Å²) < 4.78 is 22.5. The second kappa shape index (κ2) is 5.31. The van der Waals surface area contributed by atoms with E-state index in [2.05, 4.69) is 4.74 Å². The van der Waals surface area contributed by atoms with Crippen LogP contribution in [0.4, 0.5) is 4.39 Å². The molecule has 0 heterocycles. The van der Waals surface area contributed by atoms with E-state index in [1.807, 2.05) is 0 Å². The Hall–Kier alpha value is -1.62. The van der Waals surface area contributed by atoms with Crippen LogP contribution in [-0.4, -0.2) is 25.7 Å². The number of ether oxygens (including phenoxy) is 2. The van der Waals surface area contributed by atoms with Gasteiger partial charge in [0.15, 0.2) is 11.6 Å². The Balaban J connectivity index is 2.50. The fraction of sp³-hybridized carbons (Fsp3) is 0.300. The Bertz CT molecular complexity index is 343. The Morgan fingerprint density at radius 1 is 1.53 bits per heavy atom. The summed E-state index contributed by atoms with van der Waals surface area (Å²) >= 11 is 0. The van der Waals surface area contributed by atoms with Gasteiger partial charge in [0.2, 0.25) is 0 Å². The van der Waals surface area contributed by atoms with E-state index in [1.165, 1.54) is 19.2 Å². The molecule has 1 atom stereocenters. The largest absolute Gasteiger partial charge is 0.488 e. The van der Waals surface area contributed by atoms with Crippen molar-refractivity contribution in [3.8, 4) is 5.75 Å². The van der Waals surface area contributed by atoms with Gasteiger partial charge in [-0.25, -0.2) is 4.39 Å². The number of carbonyl (C=O) groups is 1. The van der Waals surface area contributed by atoms with E-state index in [0.29, 0.717) is 0 Å². The fourth-order valence-corrected chi connectivity index (χ4v) is 0.961. The van der Waals surface area contributed by atoms with Crippen LogP contribution < -0.4 is 10.5 Å². The van der Waals surface area contributed by atoms with Crippen LogP contribution >= 0.6 is 0 Å². The molecule has 15 heavy (non-hydrogen) atoms. The summed E-state index contributed by atoms with van der Waals surface area (Å²) in [7, 11) is 1.23. The minimum absolute atomic E-state index is 0.0665. The molecular weight excluding hydrogens is 201 g/mol. The predicted octanol–water partition coefficient (Wildman–Crippen LogP) is 0.705. The van der Waals surface area contributed by atoms with E-state index >= 15 is 0 Å². The normalized spacial score (nSPS) is 11.9. The lowest BCUT2D eigenvalue weighted by Gasteiger charge is -2.11. The van der Waals surface area contributed by atoms with Crippen LogP contribution in [-0.2, 0) is 9.53 Å². The molecule has 0 unspecified atom stereocenters. The lowest BCUT2D eigenvalue weighted by Crippen LogP contribution is -2.37. The first-order valence-corrected chi connectivity index (χ1v) is 4.36. The van der Waals surface area contributed by atoms with Crippen LogP contribution in [0.1, 0.15) is 0 Å². The molecule has 82 valence electrons. The molecule has 0 bridgehead atoms. The van der Waals surface area contributed by atoms with Gasteiger partial charge in [-0.2, -0.15) is 0 Å². The highest BCUT2D eigenvalue weighted by Gasteiger charge is 2.14. The highest BCUT2D eigenvalue weighted by molar-refractivity contribution is 5.75. The molecule has 0 amide bonds. The molecular formula is C10H12FNO3. The highest BCUT2D eigenvalue weighted by Crippen LogP contribution is 2.15. The Morgan fingerprint density at radius 2 is 2.20 bits per heavy atom. The van der Waals surface area contributed by atoms with Gasteiger partial charge >= 0.3 is 5.97 Å². The fourth-order valence-electron chi connectivity index (χ4n) is 0.961. The number of para-hydroxylation sites is 1. The number of benzene rings is 1. The van der Waals surface area contributed by atoms with Crippen molar-refractivity contribution in [2.45, 2.75) is 6.04 Å². The van der Waals surface area contributed by atoms with Crippen molar-refractivity contribution in [3.63, 3.8) is 0 Å². The standard InChI is InChI=1S/C10H12FNO3/c1-14-10(13)8(12)6-15-9-5-3-2-4-7(9)11/h2-5,8H,6,12H2,1H3/t8-/m1/s1. The van der Waals surface area contributed by atoms with Crippen molar-refractivity contribution in [2.24, 2.45) is 5.73 Å². The van der Waals surface area contributed by atoms with Crippen molar-refractivity contribution in [3.05, 3.63) is 30.1 Å². The third-order valence-electron chi connectivity index (χ3n) is 1.76. The van der Waals surface area contributed by atoms with Gasteiger partial charge in [0.05, 0.1) is 7.11 Å². The van der Waals surface area contributed by atoms with Crippen molar-refractivity contribution in [1.82, 2.24) is 0 Å². The molecule has 1 rings (SSSR count). The van der Waals surface area contributed by atoms with E-state index < -0.39 is 17.8 Å². The molecule has 0 aliphatic carbocycles. The number of methoxy groups -OCH3 is 1. The maximum atomic E-state index is 13.0. The smallest absolute Gasteiger partial charge is 0.326 e. The van der Waals surface area contributed by atoms with Gasteiger partial charge < -0.3 is 15.2 Å². The zero-order valence-corrected chi connectivity index (χ0v) is 8.27. The highest BCUT2D eigenvalue weighted by atomic mass is 19.1. The lowest BCUT2D eigenvalue weighted by molar-refractivity contribution is -0.142. The van der Waals surface area contributed by atoms with E-state index in [4.69, 9.17) is 10.5 Å². The van der Waals surface area contributed by atoms with Crippen molar-refractivity contribution < 1.29 is 18.7 Å². The van der Waals surface area contributed by atoms with Crippen molar-refractivity contribution in [1.29, 1.82) is 0 Å². The Morgan fingerprint density at radius 3 is 2.80 bits per heavy atom. The third kappa shape index (κ3) is 3.21. The van der Waals surface area contributed by atoms with Crippen molar-refractivity contribution >= 4 is 5.97 Å². The number of esters is 1. The number of nitrogens with two attached hydrogens (primary N) is 1. The number of rotatable bonds is 4. The molecule has 2 N–H and O–H groups in total. The van der Waals surface area contributed by atoms with Gasteiger partial charge in [0, 0.05) is 0 Å². The van der Waals surface area contributed by atoms with E-state index in [1.54, 1.807) is 12.1 Å². The van der Waals surface area contributed by atoms with Crippen molar-refractivity contribution in [2.75, 3.05) is 13.7 Å². The molecule has 0 fully saturated rings. The number of halogens is 1.